The van der Waals surface area contributed by atoms with Gasteiger partial charge in [0.2, 0.25) is 0 Å². The van der Waals surface area contributed by atoms with E-state index in [0.29, 0.717) is 43.2 Å². The van der Waals surface area contributed by atoms with Crippen molar-refractivity contribution in [2.24, 2.45) is 0 Å². The summed E-state index contributed by atoms with van der Waals surface area (Å²) in [5.74, 6) is 0.374. The van der Waals surface area contributed by atoms with E-state index in [1.165, 1.54) is 0 Å². The lowest BCUT2D eigenvalue weighted by atomic mass is 10.1. The summed E-state index contributed by atoms with van der Waals surface area (Å²) in [6, 6.07) is 13.0. The molecule has 0 atom stereocenters. The van der Waals surface area contributed by atoms with E-state index in [-0.39, 0.29) is 11.8 Å². The lowest BCUT2D eigenvalue weighted by Crippen LogP contribution is -2.37. The van der Waals surface area contributed by atoms with Crippen LogP contribution >= 0.6 is 11.3 Å². The number of carbonyl (C=O) groups excluding carboxylic acids is 2. The minimum Gasteiger partial charge on any atom is -0.496 e. The molecule has 3 heterocycles. The number of amides is 2. The van der Waals surface area contributed by atoms with Crippen molar-refractivity contribution in [3.8, 4) is 16.3 Å². The number of nitrogens with one attached hydrogen (secondary N) is 1. The third kappa shape index (κ3) is 4.02. The summed E-state index contributed by atoms with van der Waals surface area (Å²) in [5, 5.41) is 9.12. The van der Waals surface area contributed by atoms with Gasteiger partial charge in [-0.25, -0.2) is 0 Å². The van der Waals surface area contributed by atoms with Crippen molar-refractivity contribution in [3.63, 3.8) is 0 Å². The normalized spacial score (nSPS) is 14.5. The zero-order valence-corrected chi connectivity index (χ0v) is 16.9. The van der Waals surface area contributed by atoms with Crippen LogP contribution in [0.15, 0.2) is 47.8 Å². The van der Waals surface area contributed by atoms with Crippen LogP contribution in [0, 0.1) is 0 Å². The lowest BCUT2D eigenvalue weighted by Gasteiger charge is -2.22. The highest BCUT2D eigenvalue weighted by molar-refractivity contribution is 7.13. The molecular formula is C21H22N4O3S. The van der Waals surface area contributed by atoms with E-state index in [1.807, 2.05) is 29.6 Å². The summed E-state index contributed by atoms with van der Waals surface area (Å²) < 4.78 is 5.32. The summed E-state index contributed by atoms with van der Waals surface area (Å²) in [4.78, 5) is 30.4. The van der Waals surface area contributed by atoms with Crippen LogP contribution in [-0.2, 0) is 0 Å². The number of methoxy groups -OCH3 is 1. The Kier molecular flexibility index (Phi) is 5.62. The van der Waals surface area contributed by atoms with Gasteiger partial charge in [0, 0.05) is 26.2 Å². The maximum absolute atomic E-state index is 12.9. The van der Waals surface area contributed by atoms with Crippen LogP contribution in [0.3, 0.4) is 0 Å². The summed E-state index contributed by atoms with van der Waals surface area (Å²) >= 11 is 1.59. The Bertz CT molecular complexity index is 999. The van der Waals surface area contributed by atoms with Gasteiger partial charge in [0.15, 0.2) is 5.69 Å². The molecule has 8 heteroatoms. The largest absolute Gasteiger partial charge is 0.496 e. The van der Waals surface area contributed by atoms with Crippen LogP contribution in [-0.4, -0.2) is 65.1 Å². The summed E-state index contributed by atoms with van der Waals surface area (Å²) in [6.45, 7) is 2.14. The maximum Gasteiger partial charge on any atom is 0.274 e. The van der Waals surface area contributed by atoms with E-state index in [2.05, 4.69) is 10.2 Å². The van der Waals surface area contributed by atoms with E-state index >= 15 is 0 Å². The maximum atomic E-state index is 12.9. The van der Waals surface area contributed by atoms with Crippen molar-refractivity contribution in [2.75, 3.05) is 33.3 Å². The first-order valence-corrected chi connectivity index (χ1v) is 10.4. The van der Waals surface area contributed by atoms with Gasteiger partial charge in [-0.15, -0.1) is 11.3 Å². The molecule has 7 nitrogen and oxygen atoms in total. The zero-order valence-electron chi connectivity index (χ0n) is 16.1. The number of rotatable bonds is 4. The molecule has 0 bridgehead atoms. The van der Waals surface area contributed by atoms with Crippen LogP contribution in [0.5, 0.6) is 5.75 Å². The van der Waals surface area contributed by atoms with Gasteiger partial charge in [0.25, 0.3) is 11.8 Å². The Hall–Kier alpha value is -3.13. The van der Waals surface area contributed by atoms with Crippen molar-refractivity contribution in [1.29, 1.82) is 0 Å². The van der Waals surface area contributed by atoms with Crippen LogP contribution in [0.1, 0.15) is 27.3 Å². The molecule has 1 fully saturated rings. The highest BCUT2D eigenvalue weighted by Gasteiger charge is 2.26. The molecule has 3 aromatic rings. The molecule has 2 amide bonds. The topological polar surface area (TPSA) is 78.5 Å². The predicted molar refractivity (Wildman–Crippen MR) is 111 cm³/mol. The van der Waals surface area contributed by atoms with Crippen molar-refractivity contribution >= 4 is 23.2 Å². The first-order valence-electron chi connectivity index (χ1n) is 9.48. The van der Waals surface area contributed by atoms with Crippen LogP contribution in [0.25, 0.3) is 10.6 Å². The fourth-order valence-electron chi connectivity index (χ4n) is 3.47. The van der Waals surface area contributed by atoms with Gasteiger partial charge < -0.3 is 14.5 Å². The van der Waals surface area contributed by atoms with E-state index in [1.54, 1.807) is 46.4 Å². The average molecular weight is 410 g/mol. The van der Waals surface area contributed by atoms with E-state index < -0.39 is 0 Å². The van der Waals surface area contributed by atoms with Gasteiger partial charge >= 0.3 is 0 Å². The standard InChI is InChI=1S/C21H22N4O3S/c1-28-18-7-3-2-6-15(18)20(26)24-9-5-10-25(12-11-24)21(27)17-14-16(22-23-17)19-8-4-13-29-19/h2-4,6-8,13-14H,5,9-12H2,1H3,(H,22,23). The van der Waals surface area contributed by atoms with Gasteiger partial charge in [-0.3, -0.25) is 14.7 Å². The Morgan fingerprint density at radius 2 is 1.79 bits per heavy atom. The average Bonchev–Trinajstić information content (AvgIpc) is 3.40. The number of H-pyrrole nitrogens is 1. The molecule has 0 saturated carbocycles. The molecule has 1 N–H and O–H groups in total. The van der Waals surface area contributed by atoms with E-state index in [4.69, 9.17) is 4.74 Å². The fourth-order valence-corrected chi connectivity index (χ4v) is 4.16. The molecule has 0 radical (unpaired) electrons. The number of aromatic nitrogens is 2. The monoisotopic (exact) mass is 410 g/mol. The quantitative estimate of drug-likeness (QED) is 0.717. The van der Waals surface area contributed by atoms with Gasteiger partial charge in [-0.05, 0) is 36.1 Å². The minimum absolute atomic E-state index is 0.0727. The van der Waals surface area contributed by atoms with Gasteiger partial charge in [0.1, 0.15) is 5.75 Å². The Morgan fingerprint density at radius 3 is 2.52 bits per heavy atom. The second-order valence-corrected chi connectivity index (χ2v) is 7.73. The zero-order chi connectivity index (χ0) is 20.2. The highest BCUT2D eigenvalue weighted by Crippen LogP contribution is 2.24. The molecular weight excluding hydrogens is 388 g/mol. The molecule has 1 aliphatic heterocycles. The number of carbonyl (C=O) groups is 2. The number of ether oxygens (including phenoxy) is 1. The molecule has 1 saturated heterocycles. The van der Waals surface area contributed by atoms with E-state index in [9.17, 15) is 9.59 Å². The predicted octanol–water partition coefficient (Wildman–Crippen LogP) is 3.14. The van der Waals surface area contributed by atoms with Crippen molar-refractivity contribution < 1.29 is 14.3 Å². The van der Waals surface area contributed by atoms with Crippen LogP contribution in [0.2, 0.25) is 0 Å². The molecule has 150 valence electrons. The Balaban J connectivity index is 1.43. The summed E-state index contributed by atoms with van der Waals surface area (Å²) in [6.07, 6.45) is 0.717. The first-order chi connectivity index (χ1) is 14.2. The number of para-hydroxylation sites is 1. The molecule has 0 aliphatic carbocycles. The molecule has 4 rings (SSSR count). The molecule has 0 spiro atoms. The van der Waals surface area contributed by atoms with Crippen LogP contribution < -0.4 is 4.74 Å². The highest BCUT2D eigenvalue weighted by atomic mass is 32.1. The van der Waals surface area contributed by atoms with Gasteiger partial charge in [-0.2, -0.15) is 5.10 Å². The number of hydrogen-bond acceptors (Lipinski definition) is 5. The van der Waals surface area contributed by atoms with Gasteiger partial charge in [0.05, 0.1) is 23.2 Å². The molecule has 2 aromatic heterocycles. The van der Waals surface area contributed by atoms with Crippen molar-refractivity contribution in [1.82, 2.24) is 20.0 Å². The second-order valence-electron chi connectivity index (χ2n) is 6.78. The third-order valence-electron chi connectivity index (χ3n) is 4.99. The van der Waals surface area contributed by atoms with Gasteiger partial charge in [-0.1, -0.05) is 18.2 Å². The number of hydrogen-bond donors (Lipinski definition) is 1. The smallest absolute Gasteiger partial charge is 0.274 e. The molecule has 1 aromatic carbocycles. The number of nitrogens with zero attached hydrogens (tertiary/aromatic N) is 3. The van der Waals surface area contributed by atoms with Crippen molar-refractivity contribution in [2.45, 2.75) is 6.42 Å². The Morgan fingerprint density at radius 1 is 1.03 bits per heavy atom. The Labute approximate surface area is 172 Å². The molecule has 0 unspecified atom stereocenters. The second kappa shape index (κ2) is 8.48. The SMILES string of the molecule is COc1ccccc1C(=O)N1CCCN(C(=O)c2cc(-c3cccs3)[nH]n2)CC1. The lowest BCUT2D eigenvalue weighted by molar-refractivity contribution is 0.0714. The minimum atomic E-state index is -0.115. The summed E-state index contributed by atoms with van der Waals surface area (Å²) in [7, 11) is 1.56. The first kappa shape index (κ1) is 19.2. The number of benzene rings is 1. The number of aromatic amines is 1. The third-order valence-corrected chi connectivity index (χ3v) is 5.89. The van der Waals surface area contributed by atoms with Crippen LogP contribution in [0.4, 0.5) is 0 Å². The summed E-state index contributed by atoms with van der Waals surface area (Å²) in [5.41, 5.74) is 1.78. The fraction of sp³-hybridized carbons (Fsp3) is 0.286. The number of thiophene rings is 1. The van der Waals surface area contributed by atoms with Crippen molar-refractivity contribution in [3.05, 3.63) is 59.1 Å². The van der Waals surface area contributed by atoms with E-state index in [0.717, 1.165) is 17.0 Å². The molecule has 1 aliphatic rings. The molecule has 29 heavy (non-hydrogen) atoms.